The van der Waals surface area contributed by atoms with Crippen molar-refractivity contribution in [1.82, 2.24) is 4.90 Å². The van der Waals surface area contributed by atoms with E-state index >= 15 is 0 Å². The highest BCUT2D eigenvalue weighted by Crippen LogP contribution is 2.31. The van der Waals surface area contributed by atoms with E-state index < -0.39 is 6.10 Å². The molecule has 1 unspecified atom stereocenters. The zero-order valence-electron chi connectivity index (χ0n) is 12.4. The summed E-state index contributed by atoms with van der Waals surface area (Å²) < 4.78 is 5.65. The molecule has 118 valence electrons. The van der Waals surface area contributed by atoms with Crippen LogP contribution in [0, 0.1) is 0 Å². The zero-order valence-corrected chi connectivity index (χ0v) is 13.9. The molecule has 0 radical (unpaired) electrons. The number of piperidine rings is 1. The summed E-state index contributed by atoms with van der Waals surface area (Å²) >= 11 is 12.1. The van der Waals surface area contributed by atoms with E-state index in [9.17, 15) is 5.11 Å². The lowest BCUT2D eigenvalue weighted by Gasteiger charge is -2.32. The predicted molar refractivity (Wildman–Crippen MR) is 87.1 cm³/mol. The van der Waals surface area contributed by atoms with Gasteiger partial charge in [-0.15, -0.1) is 0 Å². The summed E-state index contributed by atoms with van der Waals surface area (Å²) in [6, 6.07) is 5.39. The van der Waals surface area contributed by atoms with Gasteiger partial charge in [-0.3, -0.25) is 0 Å². The van der Waals surface area contributed by atoms with Crippen LogP contribution in [0.5, 0.6) is 0 Å². The van der Waals surface area contributed by atoms with Gasteiger partial charge in [0.05, 0.1) is 22.3 Å². The van der Waals surface area contributed by atoms with Gasteiger partial charge in [-0.1, -0.05) is 35.3 Å². The molecule has 2 rings (SSSR count). The molecule has 1 aliphatic heterocycles. The molecule has 1 saturated heterocycles. The molecule has 21 heavy (non-hydrogen) atoms. The summed E-state index contributed by atoms with van der Waals surface area (Å²) in [6.45, 7) is 5.75. The number of aliphatic hydroxyl groups is 1. The molecule has 0 amide bonds. The van der Waals surface area contributed by atoms with Crippen LogP contribution in [-0.2, 0) is 4.74 Å². The van der Waals surface area contributed by atoms with E-state index in [0.29, 0.717) is 28.1 Å². The first kappa shape index (κ1) is 17.0. The van der Waals surface area contributed by atoms with Gasteiger partial charge < -0.3 is 14.7 Å². The lowest BCUT2D eigenvalue weighted by molar-refractivity contribution is 0.0112. The third-order valence-electron chi connectivity index (χ3n) is 4.00. The highest BCUT2D eigenvalue weighted by molar-refractivity contribution is 6.42. The molecule has 1 aliphatic rings. The number of ether oxygens (including phenoxy) is 1. The van der Waals surface area contributed by atoms with Crippen LogP contribution in [-0.4, -0.2) is 42.4 Å². The van der Waals surface area contributed by atoms with E-state index in [0.717, 1.165) is 39.1 Å². The van der Waals surface area contributed by atoms with Crippen molar-refractivity contribution in [2.24, 2.45) is 0 Å². The maximum atomic E-state index is 10.3. The lowest BCUT2D eigenvalue weighted by atomic mass is 10.0. The first-order valence-electron chi connectivity index (χ1n) is 7.57. The summed E-state index contributed by atoms with van der Waals surface area (Å²) in [6.07, 6.45) is 2.64. The number of nitrogens with zero attached hydrogens (tertiary/aromatic N) is 1. The number of hydrogen-bond acceptors (Lipinski definition) is 3. The number of aliphatic hydroxyl groups excluding tert-OH is 1. The van der Waals surface area contributed by atoms with Crippen LogP contribution in [0.4, 0.5) is 0 Å². The Hall–Kier alpha value is -0.320. The van der Waals surface area contributed by atoms with Crippen LogP contribution < -0.4 is 0 Å². The Balaban J connectivity index is 1.79. The molecule has 1 atom stereocenters. The Kier molecular flexibility index (Phi) is 6.77. The Labute approximate surface area is 136 Å². The molecule has 3 nitrogen and oxygen atoms in total. The topological polar surface area (TPSA) is 32.7 Å². The van der Waals surface area contributed by atoms with Crippen molar-refractivity contribution in [3.63, 3.8) is 0 Å². The Morgan fingerprint density at radius 3 is 2.71 bits per heavy atom. The monoisotopic (exact) mass is 331 g/mol. The average Bonchev–Trinajstić information content (AvgIpc) is 2.49. The van der Waals surface area contributed by atoms with Gasteiger partial charge in [-0.25, -0.2) is 0 Å². The Morgan fingerprint density at radius 1 is 1.33 bits per heavy atom. The number of hydrogen-bond donors (Lipinski definition) is 1. The minimum atomic E-state index is -0.569. The maximum Gasteiger partial charge on any atom is 0.0817 e. The second-order valence-electron chi connectivity index (χ2n) is 5.44. The fourth-order valence-electron chi connectivity index (χ4n) is 2.77. The van der Waals surface area contributed by atoms with E-state index in [1.54, 1.807) is 6.07 Å². The lowest BCUT2D eigenvalue weighted by Crippen LogP contribution is -2.38. The Morgan fingerprint density at radius 2 is 2.05 bits per heavy atom. The van der Waals surface area contributed by atoms with Crippen LogP contribution in [0.1, 0.15) is 37.9 Å². The molecule has 1 aromatic rings. The SMILES string of the molecule is CCOC1CCN(CCC(O)c2cccc(Cl)c2Cl)CC1. The average molecular weight is 332 g/mol. The first-order valence-corrected chi connectivity index (χ1v) is 8.33. The van der Waals surface area contributed by atoms with E-state index in [4.69, 9.17) is 27.9 Å². The second kappa shape index (κ2) is 8.35. The standard InChI is InChI=1S/C16H23Cl2NO2/c1-2-21-12-6-9-19(10-7-12)11-8-15(20)13-4-3-5-14(17)16(13)18/h3-5,12,15,20H,2,6-11H2,1H3. The van der Waals surface area contributed by atoms with Gasteiger partial charge in [0, 0.05) is 31.8 Å². The molecule has 0 bridgehead atoms. The summed E-state index contributed by atoms with van der Waals surface area (Å²) in [4.78, 5) is 2.37. The molecule has 1 heterocycles. The molecule has 0 saturated carbocycles. The largest absolute Gasteiger partial charge is 0.388 e. The summed E-state index contributed by atoms with van der Waals surface area (Å²) in [5.74, 6) is 0. The van der Waals surface area contributed by atoms with Crippen molar-refractivity contribution in [2.45, 2.75) is 38.4 Å². The summed E-state index contributed by atoms with van der Waals surface area (Å²) in [7, 11) is 0. The molecular weight excluding hydrogens is 309 g/mol. The Bertz CT molecular complexity index is 448. The fraction of sp³-hybridized carbons (Fsp3) is 0.625. The fourth-order valence-corrected chi connectivity index (χ4v) is 3.21. The van der Waals surface area contributed by atoms with Gasteiger partial charge in [0.2, 0.25) is 0 Å². The maximum absolute atomic E-state index is 10.3. The normalized spacial score (nSPS) is 18.9. The predicted octanol–water partition coefficient (Wildman–Crippen LogP) is 3.92. The summed E-state index contributed by atoms with van der Waals surface area (Å²) in [5, 5.41) is 11.2. The smallest absolute Gasteiger partial charge is 0.0817 e. The number of benzene rings is 1. The zero-order chi connectivity index (χ0) is 15.2. The van der Waals surface area contributed by atoms with Gasteiger partial charge in [0.25, 0.3) is 0 Å². The van der Waals surface area contributed by atoms with Crippen molar-refractivity contribution in [2.75, 3.05) is 26.2 Å². The molecular formula is C16H23Cl2NO2. The number of rotatable bonds is 6. The van der Waals surface area contributed by atoms with E-state index in [1.807, 2.05) is 19.1 Å². The van der Waals surface area contributed by atoms with Crippen LogP contribution in [0.15, 0.2) is 18.2 Å². The molecule has 1 aromatic carbocycles. The molecule has 0 aromatic heterocycles. The van der Waals surface area contributed by atoms with Crippen molar-refractivity contribution in [1.29, 1.82) is 0 Å². The quantitative estimate of drug-likeness (QED) is 0.857. The molecule has 0 aliphatic carbocycles. The minimum Gasteiger partial charge on any atom is -0.388 e. The van der Waals surface area contributed by atoms with Gasteiger partial charge >= 0.3 is 0 Å². The van der Waals surface area contributed by atoms with Gasteiger partial charge in [0.15, 0.2) is 0 Å². The third-order valence-corrected chi connectivity index (χ3v) is 4.83. The second-order valence-corrected chi connectivity index (χ2v) is 6.23. The van der Waals surface area contributed by atoms with E-state index in [-0.39, 0.29) is 0 Å². The molecule has 5 heteroatoms. The van der Waals surface area contributed by atoms with Crippen molar-refractivity contribution >= 4 is 23.2 Å². The van der Waals surface area contributed by atoms with E-state index in [2.05, 4.69) is 4.90 Å². The molecule has 1 fully saturated rings. The summed E-state index contributed by atoms with van der Waals surface area (Å²) in [5.41, 5.74) is 0.716. The molecule has 0 spiro atoms. The molecule has 1 N–H and O–H groups in total. The van der Waals surface area contributed by atoms with Gasteiger partial charge in [0.1, 0.15) is 0 Å². The van der Waals surface area contributed by atoms with Crippen molar-refractivity contribution in [3.05, 3.63) is 33.8 Å². The minimum absolute atomic E-state index is 0.401. The highest BCUT2D eigenvalue weighted by Gasteiger charge is 2.20. The number of halogens is 2. The van der Waals surface area contributed by atoms with Crippen LogP contribution in [0.2, 0.25) is 10.0 Å². The van der Waals surface area contributed by atoms with Crippen molar-refractivity contribution in [3.8, 4) is 0 Å². The number of likely N-dealkylation sites (tertiary alicyclic amines) is 1. The first-order chi connectivity index (χ1) is 10.1. The van der Waals surface area contributed by atoms with Crippen LogP contribution in [0.25, 0.3) is 0 Å². The van der Waals surface area contributed by atoms with Gasteiger partial charge in [-0.05, 0) is 32.3 Å². The van der Waals surface area contributed by atoms with Gasteiger partial charge in [-0.2, -0.15) is 0 Å². The van der Waals surface area contributed by atoms with E-state index in [1.165, 1.54) is 0 Å². The van der Waals surface area contributed by atoms with Crippen LogP contribution in [0.3, 0.4) is 0 Å². The van der Waals surface area contributed by atoms with Crippen molar-refractivity contribution < 1.29 is 9.84 Å². The van der Waals surface area contributed by atoms with Crippen LogP contribution >= 0.6 is 23.2 Å². The third kappa shape index (κ3) is 4.83. The highest BCUT2D eigenvalue weighted by atomic mass is 35.5.